The van der Waals surface area contributed by atoms with E-state index in [9.17, 15) is 13.2 Å². The van der Waals surface area contributed by atoms with Gasteiger partial charge in [0.1, 0.15) is 0 Å². The summed E-state index contributed by atoms with van der Waals surface area (Å²) < 4.78 is 35.7. The van der Waals surface area contributed by atoms with E-state index >= 15 is 0 Å². The van der Waals surface area contributed by atoms with Crippen molar-refractivity contribution in [1.82, 2.24) is 5.01 Å². The smallest absolute Gasteiger partial charge is 0.314 e. The SMILES string of the molecule is NN1C=C(C(F)(F)F)C=CC1. The summed E-state index contributed by atoms with van der Waals surface area (Å²) in [4.78, 5) is 0. The molecule has 1 aliphatic heterocycles. The van der Waals surface area contributed by atoms with Gasteiger partial charge >= 0.3 is 6.18 Å². The summed E-state index contributed by atoms with van der Waals surface area (Å²) in [7, 11) is 0. The zero-order valence-electron chi connectivity index (χ0n) is 5.60. The molecule has 0 aromatic rings. The van der Waals surface area contributed by atoms with Gasteiger partial charge in [-0.25, -0.2) is 5.84 Å². The standard InChI is InChI=1S/C6H7F3N2/c7-6(8,9)5-2-1-3-11(10)4-5/h1-2,4H,3,10H2. The average molecular weight is 164 g/mol. The highest BCUT2D eigenvalue weighted by Gasteiger charge is 2.32. The zero-order valence-corrected chi connectivity index (χ0v) is 5.60. The molecule has 5 heteroatoms. The van der Waals surface area contributed by atoms with Crippen molar-refractivity contribution in [3.63, 3.8) is 0 Å². The van der Waals surface area contributed by atoms with Gasteiger partial charge in [-0.2, -0.15) is 13.2 Å². The van der Waals surface area contributed by atoms with Gasteiger partial charge in [-0.15, -0.1) is 0 Å². The molecule has 0 radical (unpaired) electrons. The fraction of sp³-hybridized carbons (Fsp3) is 0.333. The maximum absolute atomic E-state index is 11.9. The van der Waals surface area contributed by atoms with Crippen LogP contribution in [0.1, 0.15) is 0 Å². The predicted octanol–water partition coefficient (Wildman–Crippen LogP) is 1.18. The van der Waals surface area contributed by atoms with Crippen LogP contribution in [0.15, 0.2) is 23.9 Å². The predicted molar refractivity (Wildman–Crippen MR) is 34.2 cm³/mol. The summed E-state index contributed by atoms with van der Waals surface area (Å²) in [5.41, 5.74) is -0.716. The Labute approximate surface area is 61.7 Å². The van der Waals surface area contributed by atoms with E-state index in [4.69, 9.17) is 5.84 Å². The Morgan fingerprint density at radius 3 is 2.45 bits per heavy atom. The molecule has 2 nitrogen and oxygen atoms in total. The summed E-state index contributed by atoms with van der Waals surface area (Å²) in [6.45, 7) is 0.319. The molecule has 11 heavy (non-hydrogen) atoms. The van der Waals surface area contributed by atoms with Crippen LogP contribution in [0.25, 0.3) is 0 Å². The molecule has 0 amide bonds. The first-order valence-electron chi connectivity index (χ1n) is 2.97. The highest BCUT2D eigenvalue weighted by Crippen LogP contribution is 2.27. The molecule has 0 aliphatic carbocycles. The van der Waals surface area contributed by atoms with E-state index in [1.54, 1.807) is 0 Å². The van der Waals surface area contributed by atoms with E-state index in [-0.39, 0.29) is 0 Å². The van der Waals surface area contributed by atoms with Crippen LogP contribution in [0, 0.1) is 0 Å². The number of hydrazine groups is 1. The Morgan fingerprint density at radius 1 is 1.45 bits per heavy atom. The number of halogens is 3. The second kappa shape index (κ2) is 2.58. The molecule has 0 fully saturated rings. The van der Waals surface area contributed by atoms with Gasteiger partial charge in [0.15, 0.2) is 0 Å². The van der Waals surface area contributed by atoms with Gasteiger partial charge in [0, 0.05) is 6.20 Å². The van der Waals surface area contributed by atoms with Crippen LogP contribution < -0.4 is 5.84 Å². The maximum Gasteiger partial charge on any atom is 0.417 e. The second-order valence-corrected chi connectivity index (χ2v) is 2.18. The van der Waals surface area contributed by atoms with Crippen molar-refractivity contribution in [1.29, 1.82) is 0 Å². The van der Waals surface area contributed by atoms with E-state index in [1.165, 1.54) is 6.08 Å². The number of nitrogens with two attached hydrogens (primary N) is 1. The van der Waals surface area contributed by atoms with E-state index in [1.807, 2.05) is 0 Å². The molecule has 1 rings (SSSR count). The molecule has 0 saturated carbocycles. The highest BCUT2D eigenvalue weighted by molar-refractivity contribution is 5.26. The second-order valence-electron chi connectivity index (χ2n) is 2.18. The van der Waals surface area contributed by atoms with Crippen LogP contribution in [-0.2, 0) is 0 Å². The van der Waals surface area contributed by atoms with Gasteiger partial charge in [0.05, 0.1) is 12.1 Å². The Hall–Kier alpha value is -0.970. The third kappa shape index (κ3) is 1.98. The van der Waals surface area contributed by atoms with E-state index in [0.717, 1.165) is 17.3 Å². The van der Waals surface area contributed by atoms with Gasteiger partial charge in [0.2, 0.25) is 0 Å². The highest BCUT2D eigenvalue weighted by atomic mass is 19.4. The van der Waals surface area contributed by atoms with Gasteiger partial charge in [-0.3, -0.25) is 0 Å². The van der Waals surface area contributed by atoms with Crippen molar-refractivity contribution in [3.8, 4) is 0 Å². The third-order valence-corrected chi connectivity index (χ3v) is 1.25. The van der Waals surface area contributed by atoms with E-state index in [0.29, 0.717) is 6.54 Å². The van der Waals surface area contributed by atoms with Crippen LogP contribution in [0.3, 0.4) is 0 Å². The summed E-state index contributed by atoms with van der Waals surface area (Å²) in [5, 5.41) is 0.989. The van der Waals surface area contributed by atoms with Crippen LogP contribution in [0.4, 0.5) is 13.2 Å². The summed E-state index contributed by atoms with van der Waals surface area (Å²) in [6, 6.07) is 0. The molecule has 0 spiro atoms. The molecule has 62 valence electrons. The minimum atomic E-state index is -4.30. The first-order valence-corrected chi connectivity index (χ1v) is 2.97. The van der Waals surface area contributed by atoms with Gasteiger partial charge in [0.25, 0.3) is 0 Å². The molecule has 1 heterocycles. The molecule has 0 aromatic carbocycles. The molecule has 0 aromatic heterocycles. The van der Waals surface area contributed by atoms with Crippen LogP contribution >= 0.6 is 0 Å². The Kier molecular flexibility index (Phi) is 1.90. The third-order valence-electron chi connectivity index (χ3n) is 1.25. The summed E-state index contributed by atoms with van der Waals surface area (Å²) in [6.07, 6.45) is -1.04. The van der Waals surface area contributed by atoms with Crippen LogP contribution in [0.2, 0.25) is 0 Å². The molecule has 2 N–H and O–H groups in total. The number of nitrogens with zero attached hydrogens (tertiary/aromatic N) is 1. The molecule has 0 unspecified atom stereocenters. The minimum absolute atomic E-state index is 0.319. The first kappa shape index (κ1) is 8.13. The number of hydrogen-bond donors (Lipinski definition) is 1. The lowest BCUT2D eigenvalue weighted by Gasteiger charge is -2.18. The van der Waals surface area contributed by atoms with Gasteiger partial charge in [-0.1, -0.05) is 12.2 Å². The molecule has 0 atom stereocenters. The fourth-order valence-electron chi connectivity index (χ4n) is 0.743. The van der Waals surface area contributed by atoms with Crippen molar-refractivity contribution >= 4 is 0 Å². The Balaban J connectivity index is 2.80. The first-order chi connectivity index (χ1) is 5.00. The lowest BCUT2D eigenvalue weighted by atomic mass is 10.2. The number of alkyl halides is 3. The molecular weight excluding hydrogens is 157 g/mol. The van der Waals surface area contributed by atoms with Crippen molar-refractivity contribution in [2.75, 3.05) is 6.54 Å². The lowest BCUT2D eigenvalue weighted by molar-refractivity contribution is -0.0896. The van der Waals surface area contributed by atoms with E-state index < -0.39 is 11.7 Å². The number of rotatable bonds is 0. The topological polar surface area (TPSA) is 29.3 Å². The number of hydrogen-bond acceptors (Lipinski definition) is 2. The largest absolute Gasteiger partial charge is 0.417 e. The fourth-order valence-corrected chi connectivity index (χ4v) is 0.743. The number of allylic oxidation sites excluding steroid dienone is 2. The lowest BCUT2D eigenvalue weighted by Crippen LogP contribution is -2.29. The molecule has 0 saturated heterocycles. The molecule has 1 aliphatic rings. The minimum Gasteiger partial charge on any atom is -0.314 e. The van der Waals surface area contributed by atoms with Gasteiger partial charge in [-0.05, 0) is 0 Å². The van der Waals surface area contributed by atoms with E-state index in [2.05, 4.69) is 0 Å². The van der Waals surface area contributed by atoms with Crippen molar-refractivity contribution in [2.45, 2.75) is 6.18 Å². The van der Waals surface area contributed by atoms with Gasteiger partial charge < -0.3 is 5.01 Å². The average Bonchev–Trinajstić information content (AvgIpc) is 1.86. The summed E-state index contributed by atoms with van der Waals surface area (Å²) >= 11 is 0. The summed E-state index contributed by atoms with van der Waals surface area (Å²) in [5.74, 6) is 5.13. The van der Waals surface area contributed by atoms with Crippen molar-refractivity contribution < 1.29 is 13.2 Å². The normalized spacial score (nSPS) is 18.5. The van der Waals surface area contributed by atoms with Crippen LogP contribution in [0.5, 0.6) is 0 Å². The Bertz CT molecular complexity index is 204. The van der Waals surface area contributed by atoms with Crippen LogP contribution in [-0.4, -0.2) is 17.7 Å². The van der Waals surface area contributed by atoms with Crippen molar-refractivity contribution in [2.24, 2.45) is 5.84 Å². The molecular formula is C6H7F3N2. The monoisotopic (exact) mass is 164 g/mol. The zero-order chi connectivity index (χ0) is 8.48. The van der Waals surface area contributed by atoms with Crippen molar-refractivity contribution in [3.05, 3.63) is 23.9 Å². The Morgan fingerprint density at radius 2 is 2.09 bits per heavy atom. The molecule has 0 bridgehead atoms. The quantitative estimate of drug-likeness (QED) is 0.544. The maximum atomic E-state index is 11.9.